The molecule has 0 bridgehead atoms. The molecule has 2 aromatic rings. The molecule has 0 saturated carbocycles. The van der Waals surface area contributed by atoms with Crippen LogP contribution < -0.4 is 5.30 Å². The smallest absolute Gasteiger partial charge is 0.141 e. The maximum absolute atomic E-state index is 14.2. The molecule has 0 amide bonds. The van der Waals surface area contributed by atoms with Crippen LogP contribution in [-0.2, 0) is 12.8 Å². The highest BCUT2D eigenvalue weighted by molar-refractivity contribution is 7.27. The molecule has 1 aliphatic carbocycles. The first-order valence-corrected chi connectivity index (χ1v) is 7.25. The topological polar surface area (TPSA) is 36.7 Å². The standard InChI is InChI=1S/C16H14FN2P/c17-15-8-11(20)5-6-12(15)14-7-10(9-18)19-16-4-2-1-3-13(14)16/h5-8H,1-4,20H2. The predicted octanol–water partition coefficient (Wildman–Crippen LogP) is 3.14. The highest BCUT2D eigenvalue weighted by Gasteiger charge is 2.19. The van der Waals surface area contributed by atoms with E-state index in [4.69, 9.17) is 5.26 Å². The molecule has 0 fully saturated rings. The van der Waals surface area contributed by atoms with E-state index in [1.165, 1.54) is 6.07 Å². The summed E-state index contributed by atoms with van der Waals surface area (Å²) in [6.45, 7) is 0. The lowest BCUT2D eigenvalue weighted by atomic mass is 9.88. The number of fused-ring (bicyclic) bond motifs is 1. The van der Waals surface area contributed by atoms with Crippen LogP contribution >= 0.6 is 9.24 Å². The Balaban J connectivity index is 2.24. The van der Waals surface area contributed by atoms with Crippen LogP contribution in [0.4, 0.5) is 4.39 Å². The fourth-order valence-electron chi connectivity index (χ4n) is 2.75. The molecule has 0 radical (unpaired) electrons. The first-order chi connectivity index (χ1) is 9.69. The summed E-state index contributed by atoms with van der Waals surface area (Å²) in [5.74, 6) is -0.250. The first-order valence-electron chi connectivity index (χ1n) is 6.67. The van der Waals surface area contributed by atoms with Gasteiger partial charge in [-0.2, -0.15) is 5.26 Å². The van der Waals surface area contributed by atoms with Gasteiger partial charge in [-0.05, 0) is 54.2 Å². The first kappa shape index (κ1) is 13.2. The van der Waals surface area contributed by atoms with Crippen molar-refractivity contribution < 1.29 is 4.39 Å². The fourth-order valence-corrected chi connectivity index (χ4v) is 2.99. The Morgan fingerprint density at radius 3 is 2.70 bits per heavy atom. The zero-order valence-electron chi connectivity index (χ0n) is 11.0. The summed E-state index contributed by atoms with van der Waals surface area (Å²) in [4.78, 5) is 4.38. The van der Waals surface area contributed by atoms with E-state index >= 15 is 0 Å². The number of nitrogens with zero attached hydrogens (tertiary/aromatic N) is 2. The molecule has 2 nitrogen and oxygen atoms in total. The van der Waals surface area contributed by atoms with Gasteiger partial charge in [0, 0.05) is 11.3 Å². The summed E-state index contributed by atoms with van der Waals surface area (Å²) in [5, 5.41) is 9.93. The minimum atomic E-state index is -0.250. The Morgan fingerprint density at radius 1 is 1.15 bits per heavy atom. The van der Waals surface area contributed by atoms with Crippen LogP contribution in [0.1, 0.15) is 29.8 Å². The average Bonchev–Trinajstić information content (AvgIpc) is 2.46. The molecule has 20 heavy (non-hydrogen) atoms. The van der Waals surface area contributed by atoms with Crippen LogP contribution in [0.5, 0.6) is 0 Å². The lowest BCUT2D eigenvalue weighted by molar-refractivity contribution is 0.630. The average molecular weight is 284 g/mol. The Bertz CT molecular complexity index is 719. The van der Waals surface area contributed by atoms with Crippen LogP contribution in [-0.4, -0.2) is 4.98 Å². The molecule has 3 rings (SSSR count). The molecular weight excluding hydrogens is 270 g/mol. The zero-order chi connectivity index (χ0) is 14.1. The Morgan fingerprint density at radius 2 is 1.95 bits per heavy atom. The summed E-state index contributed by atoms with van der Waals surface area (Å²) < 4.78 is 14.2. The van der Waals surface area contributed by atoms with Gasteiger partial charge in [-0.1, -0.05) is 12.1 Å². The predicted molar refractivity (Wildman–Crippen MR) is 80.3 cm³/mol. The van der Waals surface area contributed by atoms with Crippen LogP contribution in [0.3, 0.4) is 0 Å². The van der Waals surface area contributed by atoms with Crippen molar-refractivity contribution >= 4 is 14.5 Å². The maximum Gasteiger partial charge on any atom is 0.141 e. The van der Waals surface area contributed by atoms with E-state index in [1.807, 2.05) is 6.07 Å². The third-order valence-corrected chi connectivity index (χ3v) is 4.06. The molecule has 1 aromatic carbocycles. The molecule has 0 spiro atoms. The number of hydrogen-bond acceptors (Lipinski definition) is 2. The van der Waals surface area contributed by atoms with Crippen molar-refractivity contribution in [3.63, 3.8) is 0 Å². The summed E-state index contributed by atoms with van der Waals surface area (Å²) in [7, 11) is 2.49. The molecule has 0 aliphatic heterocycles. The highest BCUT2D eigenvalue weighted by Crippen LogP contribution is 2.32. The van der Waals surface area contributed by atoms with Gasteiger partial charge in [-0.15, -0.1) is 9.24 Å². The minimum Gasteiger partial charge on any atom is -0.242 e. The van der Waals surface area contributed by atoms with Gasteiger partial charge in [0.15, 0.2) is 0 Å². The number of nitriles is 1. The minimum absolute atomic E-state index is 0.250. The lowest BCUT2D eigenvalue weighted by Gasteiger charge is -2.19. The SMILES string of the molecule is N#Cc1cc(-c2ccc(P)cc2F)c2c(n1)CCCC2. The van der Waals surface area contributed by atoms with Gasteiger partial charge in [-0.25, -0.2) is 9.37 Å². The number of rotatable bonds is 1. The lowest BCUT2D eigenvalue weighted by Crippen LogP contribution is -2.09. The monoisotopic (exact) mass is 284 g/mol. The summed E-state index contributed by atoms with van der Waals surface area (Å²) in [5.41, 5.74) is 3.82. The third-order valence-electron chi connectivity index (χ3n) is 3.70. The Labute approximate surface area is 119 Å². The van der Waals surface area contributed by atoms with Gasteiger partial charge in [0.05, 0.1) is 0 Å². The Hall–Kier alpha value is -1.78. The van der Waals surface area contributed by atoms with Crippen LogP contribution in [0.15, 0.2) is 24.3 Å². The number of aryl methyl sites for hydroxylation is 1. The van der Waals surface area contributed by atoms with Crippen molar-refractivity contribution in [2.75, 3.05) is 0 Å². The van der Waals surface area contributed by atoms with Crippen molar-refractivity contribution in [3.8, 4) is 17.2 Å². The van der Waals surface area contributed by atoms with Gasteiger partial charge >= 0.3 is 0 Å². The van der Waals surface area contributed by atoms with Crippen LogP contribution in [0.2, 0.25) is 0 Å². The van der Waals surface area contributed by atoms with Crippen molar-refractivity contribution in [3.05, 3.63) is 47.0 Å². The van der Waals surface area contributed by atoms with E-state index in [1.54, 1.807) is 12.1 Å². The van der Waals surface area contributed by atoms with E-state index in [0.717, 1.165) is 47.8 Å². The second-order valence-corrected chi connectivity index (χ2v) is 5.71. The molecule has 0 N–H and O–H groups in total. The van der Waals surface area contributed by atoms with Gasteiger partial charge in [-0.3, -0.25) is 0 Å². The largest absolute Gasteiger partial charge is 0.242 e. The second-order valence-electron chi connectivity index (χ2n) is 5.04. The van der Waals surface area contributed by atoms with Crippen molar-refractivity contribution in [1.82, 2.24) is 4.98 Å². The van der Waals surface area contributed by atoms with Crippen LogP contribution in [0.25, 0.3) is 11.1 Å². The molecule has 100 valence electrons. The third kappa shape index (κ3) is 2.32. The van der Waals surface area contributed by atoms with Crippen molar-refractivity contribution in [2.24, 2.45) is 0 Å². The molecule has 1 heterocycles. The molecule has 1 atom stereocenters. The number of aromatic nitrogens is 1. The quantitative estimate of drug-likeness (QED) is 0.754. The summed E-state index contributed by atoms with van der Waals surface area (Å²) >= 11 is 0. The van der Waals surface area contributed by atoms with Crippen LogP contribution in [0, 0.1) is 17.1 Å². The molecule has 0 saturated heterocycles. The maximum atomic E-state index is 14.2. The van der Waals surface area contributed by atoms with E-state index in [2.05, 4.69) is 20.3 Å². The number of pyridine rings is 1. The van der Waals surface area contributed by atoms with Crippen molar-refractivity contribution in [2.45, 2.75) is 25.7 Å². The highest BCUT2D eigenvalue weighted by atomic mass is 31.0. The molecular formula is C16H14FN2P. The molecule has 1 aromatic heterocycles. The van der Waals surface area contributed by atoms with Gasteiger partial charge < -0.3 is 0 Å². The van der Waals surface area contributed by atoms with Gasteiger partial charge in [0.25, 0.3) is 0 Å². The summed E-state index contributed by atoms with van der Waals surface area (Å²) in [6.07, 6.45) is 3.96. The van der Waals surface area contributed by atoms with Crippen molar-refractivity contribution in [1.29, 1.82) is 5.26 Å². The van der Waals surface area contributed by atoms with E-state index in [9.17, 15) is 4.39 Å². The Kier molecular flexibility index (Phi) is 3.51. The zero-order valence-corrected chi connectivity index (χ0v) is 12.1. The molecule has 4 heteroatoms. The number of halogens is 1. The van der Waals surface area contributed by atoms with E-state index in [-0.39, 0.29) is 5.82 Å². The summed E-state index contributed by atoms with van der Waals surface area (Å²) in [6, 6.07) is 8.94. The van der Waals surface area contributed by atoms with Gasteiger partial charge in [0.1, 0.15) is 17.6 Å². The molecule has 1 aliphatic rings. The van der Waals surface area contributed by atoms with E-state index in [0.29, 0.717) is 11.3 Å². The second kappa shape index (κ2) is 5.31. The number of hydrogen-bond donors (Lipinski definition) is 0. The fraction of sp³-hybridized carbons (Fsp3) is 0.250. The van der Waals surface area contributed by atoms with E-state index < -0.39 is 0 Å². The normalized spacial score (nSPS) is 13.7. The molecule has 1 unspecified atom stereocenters. The number of benzene rings is 1. The van der Waals surface area contributed by atoms with Gasteiger partial charge in [0.2, 0.25) is 0 Å².